The highest BCUT2D eigenvalue weighted by Gasteiger charge is 2.42. The summed E-state index contributed by atoms with van der Waals surface area (Å²) in [5.74, 6) is 0. The van der Waals surface area contributed by atoms with E-state index >= 15 is 0 Å². The van der Waals surface area contributed by atoms with Crippen LogP contribution in [0.2, 0.25) is 0 Å². The Morgan fingerprint density at radius 1 is 1.05 bits per heavy atom. The maximum absolute atomic E-state index is 4.96. The molecular weight excluding hydrogens is 288 g/mol. The van der Waals surface area contributed by atoms with Gasteiger partial charge in [-0.1, -0.05) is 36.8 Å². The van der Waals surface area contributed by atoms with E-state index in [1.165, 1.54) is 29.8 Å². The number of benzene rings is 1. The average Bonchev–Trinajstić information content (AvgIpc) is 2.98. The molecular formula is C19H18N2S. The van der Waals surface area contributed by atoms with Crippen LogP contribution in [0.5, 0.6) is 0 Å². The third kappa shape index (κ3) is 2.17. The Labute approximate surface area is 134 Å². The largest absolute Gasteiger partial charge is 0.261 e. The minimum atomic E-state index is 0.141. The van der Waals surface area contributed by atoms with Crippen molar-refractivity contribution in [3.63, 3.8) is 0 Å². The molecule has 1 fully saturated rings. The SMILES string of the molecule is Cc1ccc(-c2csc(C3(c4ccccc4)CCC3)n2)cn1. The van der Waals surface area contributed by atoms with Crippen molar-refractivity contribution < 1.29 is 0 Å². The van der Waals surface area contributed by atoms with Crippen molar-refractivity contribution in [2.24, 2.45) is 0 Å². The van der Waals surface area contributed by atoms with Crippen LogP contribution in [-0.4, -0.2) is 9.97 Å². The third-order valence-corrected chi connectivity index (χ3v) is 5.70. The highest BCUT2D eigenvalue weighted by atomic mass is 32.1. The Morgan fingerprint density at radius 3 is 2.50 bits per heavy atom. The molecule has 2 nitrogen and oxygen atoms in total. The minimum absolute atomic E-state index is 0.141. The van der Waals surface area contributed by atoms with Gasteiger partial charge in [-0.15, -0.1) is 11.3 Å². The fraction of sp³-hybridized carbons (Fsp3) is 0.263. The lowest BCUT2D eigenvalue weighted by molar-refractivity contribution is 0.300. The molecule has 0 radical (unpaired) electrons. The molecule has 0 amide bonds. The first-order chi connectivity index (χ1) is 10.8. The molecule has 1 aromatic carbocycles. The molecule has 1 saturated carbocycles. The molecule has 4 rings (SSSR count). The predicted octanol–water partition coefficient (Wildman–Crippen LogP) is 4.98. The summed E-state index contributed by atoms with van der Waals surface area (Å²) in [7, 11) is 0. The number of pyridine rings is 1. The maximum Gasteiger partial charge on any atom is 0.104 e. The van der Waals surface area contributed by atoms with Gasteiger partial charge in [0.15, 0.2) is 0 Å². The second-order valence-electron chi connectivity index (χ2n) is 6.03. The van der Waals surface area contributed by atoms with Crippen LogP contribution in [0, 0.1) is 6.92 Å². The second kappa shape index (κ2) is 5.33. The molecule has 110 valence electrons. The van der Waals surface area contributed by atoms with Gasteiger partial charge in [0, 0.05) is 28.2 Å². The molecule has 3 heteroatoms. The van der Waals surface area contributed by atoms with Crippen LogP contribution in [0.25, 0.3) is 11.3 Å². The Balaban J connectivity index is 1.73. The lowest BCUT2D eigenvalue weighted by Gasteiger charge is -2.40. The molecule has 0 aliphatic heterocycles. The molecule has 22 heavy (non-hydrogen) atoms. The van der Waals surface area contributed by atoms with Crippen LogP contribution in [0.15, 0.2) is 54.0 Å². The van der Waals surface area contributed by atoms with E-state index in [1.807, 2.05) is 19.2 Å². The number of nitrogens with zero attached hydrogens (tertiary/aromatic N) is 2. The van der Waals surface area contributed by atoms with Gasteiger partial charge in [-0.25, -0.2) is 4.98 Å². The topological polar surface area (TPSA) is 25.8 Å². The van der Waals surface area contributed by atoms with Gasteiger partial charge in [0.25, 0.3) is 0 Å². The van der Waals surface area contributed by atoms with E-state index in [0.717, 1.165) is 17.0 Å². The van der Waals surface area contributed by atoms with Crippen molar-refractivity contribution in [1.29, 1.82) is 0 Å². The van der Waals surface area contributed by atoms with E-state index < -0.39 is 0 Å². The third-order valence-electron chi connectivity index (χ3n) is 4.65. The first-order valence-electron chi connectivity index (χ1n) is 7.72. The van der Waals surface area contributed by atoms with Crippen molar-refractivity contribution in [2.45, 2.75) is 31.6 Å². The van der Waals surface area contributed by atoms with E-state index in [4.69, 9.17) is 4.98 Å². The smallest absolute Gasteiger partial charge is 0.104 e. The van der Waals surface area contributed by atoms with Gasteiger partial charge in [-0.3, -0.25) is 4.98 Å². The van der Waals surface area contributed by atoms with Crippen LogP contribution < -0.4 is 0 Å². The van der Waals surface area contributed by atoms with Gasteiger partial charge in [0.05, 0.1) is 5.69 Å². The zero-order valence-electron chi connectivity index (χ0n) is 12.6. The summed E-state index contributed by atoms with van der Waals surface area (Å²) < 4.78 is 0. The Bertz CT molecular complexity index is 771. The van der Waals surface area contributed by atoms with Gasteiger partial charge in [0.2, 0.25) is 0 Å². The fourth-order valence-corrected chi connectivity index (χ4v) is 4.27. The van der Waals surface area contributed by atoms with E-state index in [-0.39, 0.29) is 5.41 Å². The highest BCUT2D eigenvalue weighted by Crippen LogP contribution is 2.50. The molecule has 0 N–H and O–H groups in total. The molecule has 2 aromatic heterocycles. The maximum atomic E-state index is 4.96. The Morgan fingerprint density at radius 2 is 1.86 bits per heavy atom. The molecule has 3 aromatic rings. The molecule has 0 atom stereocenters. The van der Waals surface area contributed by atoms with Crippen molar-refractivity contribution >= 4 is 11.3 Å². The van der Waals surface area contributed by atoms with Crippen molar-refractivity contribution in [1.82, 2.24) is 9.97 Å². The van der Waals surface area contributed by atoms with Crippen molar-refractivity contribution in [3.8, 4) is 11.3 Å². The normalized spacial score (nSPS) is 16.2. The monoisotopic (exact) mass is 306 g/mol. The number of rotatable bonds is 3. The fourth-order valence-electron chi connectivity index (χ4n) is 3.16. The summed E-state index contributed by atoms with van der Waals surface area (Å²) in [6.07, 6.45) is 5.62. The number of hydrogen-bond acceptors (Lipinski definition) is 3. The van der Waals surface area contributed by atoms with E-state index in [1.54, 1.807) is 11.3 Å². The van der Waals surface area contributed by atoms with Gasteiger partial charge < -0.3 is 0 Å². The van der Waals surface area contributed by atoms with Gasteiger partial charge in [-0.05, 0) is 37.5 Å². The summed E-state index contributed by atoms with van der Waals surface area (Å²) in [4.78, 5) is 9.34. The van der Waals surface area contributed by atoms with Crippen LogP contribution in [0.4, 0.5) is 0 Å². The molecule has 1 aliphatic rings. The first-order valence-corrected chi connectivity index (χ1v) is 8.60. The lowest BCUT2D eigenvalue weighted by Crippen LogP contribution is -2.35. The predicted molar refractivity (Wildman–Crippen MR) is 91.2 cm³/mol. The van der Waals surface area contributed by atoms with Crippen LogP contribution in [-0.2, 0) is 5.41 Å². The average molecular weight is 306 g/mol. The van der Waals surface area contributed by atoms with Crippen molar-refractivity contribution in [2.75, 3.05) is 0 Å². The first kappa shape index (κ1) is 13.6. The lowest BCUT2D eigenvalue weighted by atomic mass is 9.65. The molecule has 1 aliphatic carbocycles. The highest BCUT2D eigenvalue weighted by molar-refractivity contribution is 7.10. The summed E-state index contributed by atoms with van der Waals surface area (Å²) >= 11 is 1.79. The summed E-state index contributed by atoms with van der Waals surface area (Å²) in [5, 5.41) is 3.42. The molecule has 2 heterocycles. The number of aryl methyl sites for hydroxylation is 1. The number of thiazole rings is 1. The summed E-state index contributed by atoms with van der Waals surface area (Å²) in [6.45, 7) is 2.01. The van der Waals surface area contributed by atoms with Gasteiger partial charge in [-0.2, -0.15) is 0 Å². The quantitative estimate of drug-likeness (QED) is 0.681. The van der Waals surface area contributed by atoms with E-state index in [2.05, 4.69) is 46.8 Å². The zero-order valence-corrected chi connectivity index (χ0v) is 13.4. The van der Waals surface area contributed by atoms with Crippen LogP contribution in [0.3, 0.4) is 0 Å². The second-order valence-corrected chi connectivity index (χ2v) is 6.89. The molecule has 0 bridgehead atoms. The Hall–Kier alpha value is -2.00. The summed E-state index contributed by atoms with van der Waals surface area (Å²) in [6, 6.07) is 15.0. The minimum Gasteiger partial charge on any atom is -0.261 e. The number of aromatic nitrogens is 2. The molecule has 0 unspecified atom stereocenters. The molecule has 0 saturated heterocycles. The van der Waals surface area contributed by atoms with Crippen LogP contribution in [0.1, 0.15) is 35.5 Å². The van der Waals surface area contributed by atoms with Crippen LogP contribution >= 0.6 is 11.3 Å². The number of hydrogen-bond donors (Lipinski definition) is 0. The Kier molecular flexibility index (Phi) is 3.30. The van der Waals surface area contributed by atoms with Crippen molar-refractivity contribution in [3.05, 3.63) is 70.3 Å². The zero-order chi connectivity index (χ0) is 15.0. The van der Waals surface area contributed by atoms with E-state index in [9.17, 15) is 0 Å². The summed E-state index contributed by atoms with van der Waals surface area (Å²) in [5.41, 5.74) is 4.75. The van der Waals surface area contributed by atoms with E-state index in [0.29, 0.717) is 0 Å². The van der Waals surface area contributed by atoms with Gasteiger partial charge in [0.1, 0.15) is 5.01 Å². The standard InChI is InChI=1S/C19H18N2S/c1-14-8-9-15(12-20-14)17-13-22-18(21-17)19(10-5-11-19)16-6-3-2-4-7-16/h2-4,6-9,12-13H,5,10-11H2,1H3. The molecule has 0 spiro atoms. The van der Waals surface area contributed by atoms with Gasteiger partial charge >= 0.3 is 0 Å².